The van der Waals surface area contributed by atoms with Gasteiger partial charge in [0.05, 0.1) is 12.9 Å². The maximum atomic E-state index is 5.79. The second-order valence-electron chi connectivity index (χ2n) is 3.13. The van der Waals surface area contributed by atoms with Crippen LogP contribution in [0, 0.1) is 0 Å². The molecule has 2 rings (SSSR count). The normalized spacial score (nSPS) is 10.3. The number of rotatable bonds is 4. The fraction of sp³-hybridized carbons (Fsp3) is 0.300. The Balaban J connectivity index is 2.31. The first-order chi connectivity index (χ1) is 8.20. The van der Waals surface area contributed by atoms with Gasteiger partial charge in [-0.1, -0.05) is 0 Å². The van der Waals surface area contributed by atoms with E-state index in [1.807, 2.05) is 6.92 Å². The summed E-state index contributed by atoms with van der Waals surface area (Å²) in [5, 5.41) is 0.0804. The highest BCUT2D eigenvalue weighted by Crippen LogP contribution is 2.22. The van der Waals surface area contributed by atoms with Crippen LogP contribution in [0.3, 0.4) is 0 Å². The zero-order valence-corrected chi connectivity index (χ0v) is 10.2. The maximum Gasteiger partial charge on any atom is 0.322 e. The molecule has 2 heterocycles. The average molecular weight is 255 g/mol. The largest absolute Gasteiger partial charge is 0.464 e. The van der Waals surface area contributed by atoms with Crippen molar-refractivity contribution in [1.82, 2.24) is 15.0 Å². The van der Waals surface area contributed by atoms with E-state index >= 15 is 0 Å². The van der Waals surface area contributed by atoms with E-state index in [2.05, 4.69) is 15.0 Å². The molecule has 0 radical (unpaired) electrons. The number of anilines is 2. The van der Waals surface area contributed by atoms with Crippen LogP contribution in [0.4, 0.5) is 11.8 Å². The van der Waals surface area contributed by atoms with Crippen molar-refractivity contribution in [3.63, 3.8) is 0 Å². The van der Waals surface area contributed by atoms with Crippen LogP contribution in [0.5, 0.6) is 6.01 Å². The third kappa shape index (κ3) is 2.65. The lowest BCUT2D eigenvalue weighted by Gasteiger charge is -2.13. The molecule has 90 valence electrons. The number of nitrogens with zero attached hydrogens (tertiary/aromatic N) is 4. The van der Waals surface area contributed by atoms with Gasteiger partial charge >= 0.3 is 6.01 Å². The van der Waals surface area contributed by atoms with Gasteiger partial charge in [-0.15, -0.1) is 0 Å². The van der Waals surface area contributed by atoms with E-state index in [1.54, 1.807) is 30.3 Å². The van der Waals surface area contributed by atoms with Crippen molar-refractivity contribution in [2.24, 2.45) is 0 Å². The first-order valence-corrected chi connectivity index (χ1v) is 5.40. The molecule has 17 heavy (non-hydrogen) atoms. The van der Waals surface area contributed by atoms with Crippen LogP contribution in [0.2, 0.25) is 5.28 Å². The van der Waals surface area contributed by atoms with Crippen LogP contribution in [-0.2, 0) is 0 Å². The molecular weight excluding hydrogens is 244 g/mol. The first-order valence-electron chi connectivity index (χ1n) is 5.02. The molecule has 0 saturated heterocycles. The van der Waals surface area contributed by atoms with Crippen molar-refractivity contribution >= 4 is 23.4 Å². The summed E-state index contributed by atoms with van der Waals surface area (Å²) in [5.41, 5.74) is 0. The predicted molar refractivity (Wildman–Crippen MR) is 62.8 cm³/mol. The van der Waals surface area contributed by atoms with Gasteiger partial charge in [0.1, 0.15) is 0 Å². The number of aromatic nitrogens is 3. The zero-order valence-electron chi connectivity index (χ0n) is 9.42. The van der Waals surface area contributed by atoms with Crippen molar-refractivity contribution < 1.29 is 9.15 Å². The highest BCUT2D eigenvalue weighted by atomic mass is 35.5. The minimum atomic E-state index is 0.0804. The summed E-state index contributed by atoms with van der Waals surface area (Å²) in [4.78, 5) is 13.6. The standard InChI is InChI=1S/C10H11ClN4O2/c1-3-16-10-13-8(11)12-9(14-10)15(2)7-5-4-6-17-7/h4-6H,3H2,1-2H3. The van der Waals surface area contributed by atoms with Crippen LogP contribution in [0.1, 0.15) is 6.92 Å². The molecule has 6 nitrogen and oxygen atoms in total. The molecule has 7 heteroatoms. The van der Waals surface area contributed by atoms with Crippen molar-refractivity contribution in [3.8, 4) is 6.01 Å². The lowest BCUT2D eigenvalue weighted by Crippen LogP contribution is -2.14. The minimum Gasteiger partial charge on any atom is -0.464 e. The third-order valence-corrected chi connectivity index (χ3v) is 2.16. The summed E-state index contributed by atoms with van der Waals surface area (Å²) in [6.45, 7) is 2.30. The molecule has 0 aliphatic heterocycles. The quantitative estimate of drug-likeness (QED) is 0.834. The number of hydrogen-bond donors (Lipinski definition) is 0. The molecule has 0 saturated carbocycles. The fourth-order valence-electron chi connectivity index (χ4n) is 1.22. The second kappa shape index (κ2) is 5.01. The van der Waals surface area contributed by atoms with E-state index < -0.39 is 0 Å². The van der Waals surface area contributed by atoms with E-state index in [-0.39, 0.29) is 11.3 Å². The zero-order chi connectivity index (χ0) is 12.3. The van der Waals surface area contributed by atoms with Gasteiger partial charge < -0.3 is 9.15 Å². The summed E-state index contributed by atoms with van der Waals surface area (Å²) in [5.74, 6) is 0.970. The van der Waals surface area contributed by atoms with Gasteiger partial charge in [0.25, 0.3) is 0 Å². The number of hydrogen-bond acceptors (Lipinski definition) is 6. The third-order valence-electron chi connectivity index (χ3n) is 1.99. The number of halogens is 1. The van der Waals surface area contributed by atoms with Gasteiger partial charge in [-0.2, -0.15) is 15.0 Å². The Morgan fingerprint density at radius 2 is 2.24 bits per heavy atom. The molecule has 2 aromatic rings. The average Bonchev–Trinajstić information content (AvgIpc) is 2.81. The van der Waals surface area contributed by atoms with Gasteiger partial charge in [0.15, 0.2) is 0 Å². The van der Waals surface area contributed by atoms with Gasteiger partial charge in [0, 0.05) is 13.1 Å². The van der Waals surface area contributed by atoms with E-state index in [4.69, 9.17) is 20.8 Å². The molecular formula is C10H11ClN4O2. The molecule has 0 aromatic carbocycles. The summed E-state index contributed by atoms with van der Waals surface area (Å²) in [7, 11) is 1.76. The van der Waals surface area contributed by atoms with E-state index in [1.165, 1.54) is 0 Å². The summed E-state index contributed by atoms with van der Waals surface area (Å²) < 4.78 is 10.4. The Kier molecular flexibility index (Phi) is 3.43. The van der Waals surface area contributed by atoms with Gasteiger partial charge in [-0.25, -0.2) is 0 Å². The maximum absolute atomic E-state index is 5.79. The Hall–Kier alpha value is -1.82. The number of furan rings is 1. The lowest BCUT2D eigenvalue weighted by molar-refractivity contribution is 0.311. The Labute approximate surface area is 103 Å². The van der Waals surface area contributed by atoms with Crippen LogP contribution < -0.4 is 9.64 Å². The second-order valence-corrected chi connectivity index (χ2v) is 3.47. The molecule has 0 atom stereocenters. The molecule has 0 amide bonds. The molecule has 0 N–H and O–H groups in total. The summed E-state index contributed by atoms with van der Waals surface area (Å²) in [6.07, 6.45) is 1.57. The smallest absolute Gasteiger partial charge is 0.322 e. The van der Waals surface area contributed by atoms with Crippen LogP contribution in [0.15, 0.2) is 22.8 Å². The Morgan fingerprint density at radius 1 is 1.41 bits per heavy atom. The topological polar surface area (TPSA) is 64.3 Å². The monoisotopic (exact) mass is 254 g/mol. The van der Waals surface area contributed by atoms with Crippen molar-refractivity contribution in [1.29, 1.82) is 0 Å². The van der Waals surface area contributed by atoms with E-state index in [9.17, 15) is 0 Å². The summed E-state index contributed by atoms with van der Waals surface area (Å²) in [6, 6.07) is 3.76. The number of ether oxygens (including phenoxy) is 1. The highest BCUT2D eigenvalue weighted by molar-refractivity contribution is 6.28. The molecule has 0 fully saturated rings. The molecule has 0 spiro atoms. The highest BCUT2D eigenvalue weighted by Gasteiger charge is 2.13. The van der Waals surface area contributed by atoms with Crippen molar-refractivity contribution in [2.75, 3.05) is 18.6 Å². The Morgan fingerprint density at radius 3 is 2.88 bits per heavy atom. The van der Waals surface area contributed by atoms with E-state index in [0.717, 1.165) is 0 Å². The van der Waals surface area contributed by atoms with E-state index in [0.29, 0.717) is 18.4 Å². The van der Waals surface area contributed by atoms with Gasteiger partial charge in [-0.3, -0.25) is 4.90 Å². The van der Waals surface area contributed by atoms with Crippen LogP contribution in [-0.4, -0.2) is 28.6 Å². The van der Waals surface area contributed by atoms with Gasteiger partial charge in [-0.05, 0) is 24.6 Å². The first kappa shape index (κ1) is 11.7. The molecule has 2 aromatic heterocycles. The molecule has 0 aliphatic rings. The van der Waals surface area contributed by atoms with Crippen molar-refractivity contribution in [2.45, 2.75) is 6.92 Å². The minimum absolute atomic E-state index is 0.0804. The van der Waals surface area contributed by atoms with Crippen LogP contribution in [0.25, 0.3) is 0 Å². The fourth-order valence-corrected chi connectivity index (χ4v) is 1.37. The van der Waals surface area contributed by atoms with Crippen LogP contribution >= 0.6 is 11.6 Å². The molecule has 0 aliphatic carbocycles. The van der Waals surface area contributed by atoms with Gasteiger partial charge in [0.2, 0.25) is 17.1 Å². The van der Waals surface area contributed by atoms with Crippen molar-refractivity contribution in [3.05, 3.63) is 23.7 Å². The predicted octanol–water partition coefficient (Wildman–Crippen LogP) is 2.28. The SMILES string of the molecule is CCOc1nc(Cl)nc(N(C)c2ccco2)n1. The summed E-state index contributed by atoms with van der Waals surface area (Å²) >= 11 is 5.79. The lowest BCUT2D eigenvalue weighted by atomic mass is 10.6. The Bertz CT molecular complexity index is 489. The molecule has 0 bridgehead atoms. The molecule has 0 unspecified atom stereocenters.